The fourth-order valence-electron chi connectivity index (χ4n) is 1.77. The minimum Gasteiger partial charge on any atom is -0.423 e. The lowest BCUT2D eigenvalue weighted by Gasteiger charge is -2.00. The van der Waals surface area contributed by atoms with Gasteiger partial charge in [0, 0.05) is 15.3 Å². The molecule has 1 aromatic heterocycles. The molecule has 0 amide bonds. The maximum absolute atomic E-state index is 10.7. The third-order valence-corrected chi connectivity index (χ3v) is 3.33. The lowest BCUT2D eigenvalue weighted by Crippen LogP contribution is -1.89. The summed E-state index contributed by atoms with van der Waals surface area (Å²) in [5, 5.41) is 13.7. The van der Waals surface area contributed by atoms with E-state index in [0.717, 1.165) is 9.26 Å². The van der Waals surface area contributed by atoms with Crippen molar-refractivity contribution in [2.45, 2.75) is 0 Å². The highest BCUT2D eigenvalue weighted by molar-refractivity contribution is 14.1. The van der Waals surface area contributed by atoms with Crippen molar-refractivity contribution >= 4 is 51.1 Å². The molecule has 0 bridgehead atoms. The number of hydrogen-bond acceptors (Lipinski definition) is 5. The maximum atomic E-state index is 10.7. The van der Waals surface area contributed by atoms with Gasteiger partial charge in [0.25, 0.3) is 11.7 Å². The summed E-state index contributed by atoms with van der Waals surface area (Å²) in [6, 6.07) is 12.4. The van der Waals surface area contributed by atoms with E-state index in [4.69, 9.17) is 4.42 Å². The Morgan fingerprint density at radius 3 is 2.85 bits per heavy atom. The Kier molecular flexibility index (Phi) is 3.26. The Hall–Kier alpha value is -2.16. The van der Waals surface area contributed by atoms with Gasteiger partial charge >= 0.3 is 0 Å². The van der Waals surface area contributed by atoms with E-state index >= 15 is 0 Å². The molecule has 2 aromatic carbocycles. The first-order valence-corrected chi connectivity index (χ1v) is 6.77. The van der Waals surface area contributed by atoms with Gasteiger partial charge < -0.3 is 9.73 Å². The molecule has 20 heavy (non-hydrogen) atoms. The van der Waals surface area contributed by atoms with Crippen LogP contribution in [0.3, 0.4) is 0 Å². The number of oxazole rings is 1. The summed E-state index contributed by atoms with van der Waals surface area (Å²) in [5.74, 6) is 0. The predicted octanol–water partition coefficient (Wildman–Crippen LogP) is 4.08. The molecule has 1 heterocycles. The van der Waals surface area contributed by atoms with Crippen LogP contribution in [0.4, 0.5) is 17.4 Å². The van der Waals surface area contributed by atoms with Gasteiger partial charge in [-0.3, -0.25) is 10.1 Å². The van der Waals surface area contributed by atoms with Gasteiger partial charge in [-0.15, -0.1) is 0 Å². The fraction of sp³-hybridized carbons (Fsp3) is 0. The topological polar surface area (TPSA) is 81.2 Å². The number of fused-ring (bicyclic) bond motifs is 1. The minimum absolute atomic E-state index is 0.0190. The van der Waals surface area contributed by atoms with Gasteiger partial charge in [0.1, 0.15) is 5.52 Å². The van der Waals surface area contributed by atoms with Crippen LogP contribution in [0, 0.1) is 13.7 Å². The molecule has 6 nitrogen and oxygen atoms in total. The molecule has 0 atom stereocenters. The van der Waals surface area contributed by atoms with Gasteiger partial charge in [0.2, 0.25) is 0 Å². The normalized spacial score (nSPS) is 10.7. The van der Waals surface area contributed by atoms with Crippen LogP contribution >= 0.6 is 22.6 Å². The van der Waals surface area contributed by atoms with Crippen molar-refractivity contribution in [3.05, 3.63) is 56.1 Å². The molecule has 0 aliphatic carbocycles. The quantitative estimate of drug-likeness (QED) is 0.420. The number of aromatic nitrogens is 1. The van der Waals surface area contributed by atoms with Crippen molar-refractivity contribution in [3.63, 3.8) is 0 Å². The van der Waals surface area contributed by atoms with Crippen LogP contribution in [0.5, 0.6) is 0 Å². The Balaban J connectivity index is 1.95. The molecule has 100 valence electrons. The number of nitro groups is 1. The first-order chi connectivity index (χ1) is 9.61. The average molecular weight is 381 g/mol. The number of rotatable bonds is 3. The zero-order valence-corrected chi connectivity index (χ0v) is 12.2. The second-order valence-corrected chi connectivity index (χ2v) is 5.31. The number of halogens is 1. The first kappa shape index (κ1) is 12.9. The number of hydrogen-bond donors (Lipinski definition) is 1. The highest BCUT2D eigenvalue weighted by Crippen LogP contribution is 2.25. The van der Waals surface area contributed by atoms with Crippen LogP contribution in [0.25, 0.3) is 11.1 Å². The Labute approximate surface area is 127 Å². The highest BCUT2D eigenvalue weighted by Gasteiger charge is 2.11. The molecule has 1 N–H and O–H groups in total. The standard InChI is InChI=1S/C13H8IN3O3/c14-8-2-1-3-9(6-8)15-13-16-11-5-4-10(17(18)19)7-12(11)20-13/h1-7H,(H,15,16). The van der Waals surface area contributed by atoms with Gasteiger partial charge in [-0.1, -0.05) is 6.07 Å². The van der Waals surface area contributed by atoms with Crippen molar-refractivity contribution < 1.29 is 9.34 Å². The zero-order valence-electron chi connectivity index (χ0n) is 10.0. The van der Waals surface area contributed by atoms with E-state index in [2.05, 4.69) is 32.9 Å². The average Bonchev–Trinajstić information content (AvgIpc) is 2.79. The molecule has 0 saturated heterocycles. The largest absolute Gasteiger partial charge is 0.423 e. The molecule has 0 spiro atoms. The monoisotopic (exact) mass is 381 g/mol. The summed E-state index contributed by atoms with van der Waals surface area (Å²) in [7, 11) is 0. The Morgan fingerprint density at radius 1 is 1.25 bits per heavy atom. The second-order valence-electron chi connectivity index (χ2n) is 4.06. The van der Waals surface area contributed by atoms with Crippen LogP contribution in [-0.2, 0) is 0 Å². The summed E-state index contributed by atoms with van der Waals surface area (Å²) < 4.78 is 6.56. The van der Waals surface area contributed by atoms with Crippen LogP contribution in [0.15, 0.2) is 46.9 Å². The molecule has 0 radical (unpaired) electrons. The lowest BCUT2D eigenvalue weighted by molar-refractivity contribution is -0.384. The van der Waals surface area contributed by atoms with Crippen LogP contribution in [-0.4, -0.2) is 9.91 Å². The van der Waals surface area contributed by atoms with E-state index in [-0.39, 0.29) is 5.69 Å². The van der Waals surface area contributed by atoms with Crippen LogP contribution < -0.4 is 5.32 Å². The highest BCUT2D eigenvalue weighted by atomic mass is 127. The molecule has 7 heteroatoms. The molecule has 0 saturated carbocycles. The van der Waals surface area contributed by atoms with Crippen molar-refractivity contribution in [2.24, 2.45) is 0 Å². The van der Waals surface area contributed by atoms with E-state index in [9.17, 15) is 10.1 Å². The van der Waals surface area contributed by atoms with Crippen molar-refractivity contribution in [2.75, 3.05) is 5.32 Å². The second kappa shape index (κ2) is 5.08. The SMILES string of the molecule is O=[N+]([O-])c1ccc2nc(Nc3cccc(I)c3)oc2c1. The number of benzene rings is 2. The van der Waals surface area contributed by atoms with E-state index in [1.165, 1.54) is 12.1 Å². The van der Waals surface area contributed by atoms with Crippen LogP contribution in [0.1, 0.15) is 0 Å². The predicted molar refractivity (Wildman–Crippen MR) is 83.1 cm³/mol. The summed E-state index contributed by atoms with van der Waals surface area (Å²) >= 11 is 2.21. The van der Waals surface area contributed by atoms with E-state index < -0.39 is 4.92 Å². The van der Waals surface area contributed by atoms with E-state index in [1.807, 2.05) is 24.3 Å². The molecule has 3 aromatic rings. The number of anilines is 2. The van der Waals surface area contributed by atoms with Crippen molar-refractivity contribution in [1.82, 2.24) is 4.98 Å². The third-order valence-electron chi connectivity index (χ3n) is 2.66. The van der Waals surface area contributed by atoms with Gasteiger partial charge in [0.05, 0.1) is 11.0 Å². The van der Waals surface area contributed by atoms with E-state index in [0.29, 0.717) is 17.1 Å². The van der Waals surface area contributed by atoms with Gasteiger partial charge in [-0.2, -0.15) is 4.98 Å². The third kappa shape index (κ3) is 2.57. The van der Waals surface area contributed by atoms with Gasteiger partial charge in [0.15, 0.2) is 5.58 Å². The number of nitrogens with zero attached hydrogens (tertiary/aromatic N) is 2. The van der Waals surface area contributed by atoms with Gasteiger partial charge in [-0.25, -0.2) is 0 Å². The molecule has 0 fully saturated rings. The molecular formula is C13H8IN3O3. The van der Waals surface area contributed by atoms with E-state index in [1.54, 1.807) is 6.07 Å². The fourth-order valence-corrected chi connectivity index (χ4v) is 2.31. The summed E-state index contributed by atoms with van der Waals surface area (Å²) in [6.45, 7) is 0. The van der Waals surface area contributed by atoms with Crippen LogP contribution in [0.2, 0.25) is 0 Å². The Bertz CT molecular complexity index is 800. The van der Waals surface area contributed by atoms with Crippen molar-refractivity contribution in [1.29, 1.82) is 0 Å². The number of nitro benzene ring substituents is 1. The molecule has 0 unspecified atom stereocenters. The smallest absolute Gasteiger partial charge is 0.300 e. The molecular weight excluding hydrogens is 373 g/mol. The number of nitrogens with one attached hydrogen (secondary N) is 1. The molecule has 0 aliphatic rings. The lowest BCUT2D eigenvalue weighted by atomic mass is 10.3. The number of non-ortho nitro benzene ring substituents is 1. The maximum Gasteiger partial charge on any atom is 0.300 e. The van der Waals surface area contributed by atoms with Gasteiger partial charge in [-0.05, 0) is 46.9 Å². The minimum atomic E-state index is -0.464. The summed E-state index contributed by atoms with van der Waals surface area (Å²) in [4.78, 5) is 14.5. The molecule has 3 rings (SSSR count). The Morgan fingerprint density at radius 2 is 2.10 bits per heavy atom. The molecule has 0 aliphatic heterocycles. The first-order valence-electron chi connectivity index (χ1n) is 5.69. The summed E-state index contributed by atoms with van der Waals surface area (Å²) in [6.07, 6.45) is 0. The van der Waals surface area contributed by atoms with Crippen molar-refractivity contribution in [3.8, 4) is 0 Å². The zero-order chi connectivity index (χ0) is 14.1. The summed E-state index contributed by atoms with van der Waals surface area (Å²) in [5.41, 5.74) is 1.78.